The summed E-state index contributed by atoms with van der Waals surface area (Å²) in [7, 11) is 0. The molecule has 0 unspecified atom stereocenters. The molecule has 3 N–H and O–H groups in total. The molecule has 4 aromatic rings. The maximum absolute atomic E-state index is 13.4. The SMILES string of the molecule is Cc1cnc2ccc(-c3nc(C(=O)CC[C@H]4CC(F)(F)CN4)c(N)nc3-c3ncco3)cn12. The lowest BCUT2D eigenvalue weighted by Crippen LogP contribution is -2.23. The lowest BCUT2D eigenvalue weighted by Gasteiger charge is -2.12. The molecule has 0 spiro atoms. The van der Waals surface area contributed by atoms with Crippen molar-refractivity contribution in [3.05, 3.63) is 48.4 Å². The van der Waals surface area contributed by atoms with Crippen molar-refractivity contribution in [2.45, 2.75) is 38.2 Å². The summed E-state index contributed by atoms with van der Waals surface area (Å²) >= 11 is 0. The van der Waals surface area contributed by atoms with Crippen LogP contribution < -0.4 is 11.1 Å². The van der Waals surface area contributed by atoms with Gasteiger partial charge in [0, 0.05) is 42.5 Å². The maximum atomic E-state index is 13.4. The van der Waals surface area contributed by atoms with Gasteiger partial charge in [0.25, 0.3) is 5.92 Å². The van der Waals surface area contributed by atoms with Crippen LogP contribution in [-0.2, 0) is 0 Å². The summed E-state index contributed by atoms with van der Waals surface area (Å²) in [4.78, 5) is 30.3. The number of nitrogen functional groups attached to an aromatic ring is 1. The van der Waals surface area contributed by atoms with Gasteiger partial charge in [0.1, 0.15) is 23.3 Å². The number of pyridine rings is 1. The standard InChI is InChI=1S/C22H21F2N7O2/c1-12-9-27-16-5-2-13(10-31(12)16)17-19(21-26-6-7-33-21)30-20(25)18(29-17)15(32)4-3-14-8-22(23,24)11-28-14/h2,5-7,9-10,14,28H,3-4,8,11H2,1H3,(H2,25,30)/t14-/m0/s1. The van der Waals surface area contributed by atoms with Crippen LogP contribution in [0.3, 0.4) is 0 Å². The average Bonchev–Trinajstić information content (AvgIpc) is 3.52. The number of oxazole rings is 1. The number of aromatic nitrogens is 5. The summed E-state index contributed by atoms with van der Waals surface area (Å²) in [5.41, 5.74) is 9.09. The van der Waals surface area contributed by atoms with E-state index < -0.39 is 12.0 Å². The van der Waals surface area contributed by atoms with Crippen LogP contribution in [0.25, 0.3) is 28.5 Å². The predicted molar refractivity (Wildman–Crippen MR) is 116 cm³/mol. The Morgan fingerprint density at radius 1 is 1.30 bits per heavy atom. The molecule has 9 nitrogen and oxygen atoms in total. The highest BCUT2D eigenvalue weighted by atomic mass is 19.3. The number of Topliss-reactive ketones (excluding diaryl/α,β-unsaturated/α-hetero) is 1. The number of imidazole rings is 1. The fraction of sp³-hybridized carbons (Fsp3) is 0.318. The van der Waals surface area contributed by atoms with E-state index in [4.69, 9.17) is 10.2 Å². The fourth-order valence-corrected chi connectivity index (χ4v) is 4.01. The highest BCUT2D eigenvalue weighted by molar-refractivity contribution is 5.99. The number of carbonyl (C=O) groups excluding carboxylic acids is 1. The summed E-state index contributed by atoms with van der Waals surface area (Å²) in [5.74, 6) is -2.97. The molecule has 5 heterocycles. The van der Waals surface area contributed by atoms with Crippen LogP contribution >= 0.6 is 0 Å². The number of fused-ring (bicyclic) bond motifs is 1. The molecular formula is C22H21F2N7O2. The molecule has 1 aliphatic rings. The number of nitrogens with two attached hydrogens (primary N) is 1. The molecule has 11 heteroatoms. The molecule has 0 saturated carbocycles. The van der Waals surface area contributed by atoms with Gasteiger partial charge in [-0.1, -0.05) is 0 Å². The number of nitrogens with one attached hydrogen (secondary N) is 1. The molecular weight excluding hydrogens is 432 g/mol. The van der Waals surface area contributed by atoms with E-state index in [0.717, 1.165) is 11.3 Å². The number of anilines is 1. The van der Waals surface area contributed by atoms with Crippen molar-refractivity contribution < 1.29 is 18.0 Å². The number of ketones is 1. The first-order valence-electron chi connectivity index (χ1n) is 10.5. The van der Waals surface area contributed by atoms with Gasteiger partial charge in [0.05, 0.1) is 12.7 Å². The zero-order valence-corrected chi connectivity index (χ0v) is 17.8. The minimum Gasteiger partial charge on any atom is -0.443 e. The van der Waals surface area contributed by atoms with E-state index in [1.807, 2.05) is 29.7 Å². The van der Waals surface area contributed by atoms with Crippen LogP contribution in [0.4, 0.5) is 14.6 Å². The second kappa shape index (κ2) is 8.00. The number of nitrogens with zero attached hydrogens (tertiary/aromatic N) is 5. The van der Waals surface area contributed by atoms with E-state index in [2.05, 4.69) is 25.3 Å². The number of aryl methyl sites for hydroxylation is 1. The van der Waals surface area contributed by atoms with Crippen LogP contribution in [-0.4, -0.2) is 48.6 Å². The van der Waals surface area contributed by atoms with Gasteiger partial charge >= 0.3 is 0 Å². The van der Waals surface area contributed by atoms with Crippen LogP contribution in [0.1, 0.15) is 35.4 Å². The van der Waals surface area contributed by atoms with Gasteiger partial charge in [-0.15, -0.1) is 0 Å². The van der Waals surface area contributed by atoms with Gasteiger partial charge in [-0.25, -0.2) is 28.7 Å². The predicted octanol–water partition coefficient (Wildman–Crippen LogP) is 3.30. The number of hydrogen-bond donors (Lipinski definition) is 2. The van der Waals surface area contributed by atoms with Crippen LogP contribution in [0.2, 0.25) is 0 Å². The third kappa shape index (κ3) is 4.07. The smallest absolute Gasteiger partial charge is 0.261 e. The van der Waals surface area contributed by atoms with Crippen molar-refractivity contribution in [1.82, 2.24) is 29.7 Å². The first-order valence-corrected chi connectivity index (χ1v) is 10.5. The van der Waals surface area contributed by atoms with Gasteiger partial charge in [0.15, 0.2) is 17.3 Å². The molecule has 4 aromatic heterocycles. The Kier molecular flexibility index (Phi) is 5.12. The van der Waals surface area contributed by atoms with E-state index in [1.54, 1.807) is 6.20 Å². The molecule has 1 aliphatic heterocycles. The van der Waals surface area contributed by atoms with Crippen molar-refractivity contribution in [2.24, 2.45) is 0 Å². The first-order chi connectivity index (χ1) is 15.8. The van der Waals surface area contributed by atoms with Crippen molar-refractivity contribution in [3.63, 3.8) is 0 Å². The summed E-state index contributed by atoms with van der Waals surface area (Å²) in [5, 5.41) is 2.75. The molecule has 1 saturated heterocycles. The second-order valence-corrected chi connectivity index (χ2v) is 8.14. The van der Waals surface area contributed by atoms with E-state index in [0.29, 0.717) is 17.0 Å². The second-order valence-electron chi connectivity index (χ2n) is 8.14. The molecule has 170 valence electrons. The molecule has 1 fully saturated rings. The van der Waals surface area contributed by atoms with E-state index in [-0.39, 0.29) is 49.0 Å². The fourth-order valence-electron chi connectivity index (χ4n) is 4.01. The zero-order valence-electron chi connectivity index (χ0n) is 17.8. The normalized spacial score (nSPS) is 17.6. The average molecular weight is 453 g/mol. The zero-order chi connectivity index (χ0) is 23.2. The van der Waals surface area contributed by atoms with Crippen molar-refractivity contribution in [1.29, 1.82) is 0 Å². The molecule has 0 aliphatic carbocycles. The molecule has 33 heavy (non-hydrogen) atoms. The molecule has 0 bridgehead atoms. The number of halogens is 2. The number of carbonyl (C=O) groups is 1. The van der Waals surface area contributed by atoms with Crippen LogP contribution in [0, 0.1) is 6.92 Å². The van der Waals surface area contributed by atoms with Crippen molar-refractivity contribution in [3.8, 4) is 22.8 Å². The van der Waals surface area contributed by atoms with Crippen LogP contribution in [0.15, 0.2) is 41.4 Å². The quantitative estimate of drug-likeness (QED) is 0.426. The van der Waals surface area contributed by atoms with Gasteiger partial charge in [-0.05, 0) is 25.5 Å². The number of rotatable bonds is 6. The van der Waals surface area contributed by atoms with Crippen molar-refractivity contribution >= 4 is 17.2 Å². The van der Waals surface area contributed by atoms with E-state index >= 15 is 0 Å². The van der Waals surface area contributed by atoms with Gasteiger partial charge in [0.2, 0.25) is 5.89 Å². The Morgan fingerprint density at radius 3 is 2.88 bits per heavy atom. The Morgan fingerprint density at radius 2 is 2.15 bits per heavy atom. The Hall–Kier alpha value is -3.73. The Labute approximate surface area is 187 Å². The van der Waals surface area contributed by atoms with Crippen molar-refractivity contribution in [2.75, 3.05) is 12.3 Å². The minimum absolute atomic E-state index is 0.00693. The summed E-state index contributed by atoms with van der Waals surface area (Å²) in [6, 6.07) is 3.20. The lowest BCUT2D eigenvalue weighted by molar-refractivity contribution is 0.0207. The highest BCUT2D eigenvalue weighted by Crippen LogP contribution is 2.32. The molecule has 0 aromatic carbocycles. The van der Waals surface area contributed by atoms with Crippen LogP contribution in [0.5, 0.6) is 0 Å². The molecule has 0 amide bonds. The minimum atomic E-state index is -2.75. The maximum Gasteiger partial charge on any atom is 0.261 e. The molecule has 1 atom stereocenters. The third-order valence-electron chi connectivity index (χ3n) is 5.70. The highest BCUT2D eigenvalue weighted by Gasteiger charge is 2.39. The third-order valence-corrected chi connectivity index (χ3v) is 5.70. The number of alkyl halides is 2. The Bertz CT molecular complexity index is 1330. The summed E-state index contributed by atoms with van der Waals surface area (Å²) in [6.07, 6.45) is 6.45. The largest absolute Gasteiger partial charge is 0.443 e. The molecule has 0 radical (unpaired) electrons. The van der Waals surface area contributed by atoms with E-state index in [9.17, 15) is 13.6 Å². The van der Waals surface area contributed by atoms with Gasteiger partial charge in [-0.2, -0.15) is 0 Å². The first kappa shape index (κ1) is 21.1. The monoisotopic (exact) mass is 453 g/mol. The Balaban J connectivity index is 1.51. The summed E-state index contributed by atoms with van der Waals surface area (Å²) < 4.78 is 34.2. The van der Waals surface area contributed by atoms with E-state index in [1.165, 1.54) is 12.5 Å². The molecule has 5 rings (SSSR count). The topological polar surface area (TPSA) is 124 Å². The number of hydrogen-bond acceptors (Lipinski definition) is 8. The lowest BCUT2D eigenvalue weighted by atomic mass is 10.0. The summed E-state index contributed by atoms with van der Waals surface area (Å²) in [6.45, 7) is 1.54. The van der Waals surface area contributed by atoms with Gasteiger partial charge in [-0.3, -0.25) is 4.79 Å². The van der Waals surface area contributed by atoms with Gasteiger partial charge < -0.3 is 19.9 Å².